The van der Waals surface area contributed by atoms with Crippen molar-refractivity contribution < 1.29 is 9.53 Å². The van der Waals surface area contributed by atoms with Crippen molar-refractivity contribution in [1.82, 2.24) is 10.2 Å². The van der Waals surface area contributed by atoms with Crippen molar-refractivity contribution in [3.63, 3.8) is 0 Å². The third kappa shape index (κ3) is 4.44. The summed E-state index contributed by atoms with van der Waals surface area (Å²) in [7, 11) is 0. The number of benzene rings is 1. The van der Waals surface area contributed by atoms with Crippen molar-refractivity contribution in [3.05, 3.63) is 36.4 Å². The van der Waals surface area contributed by atoms with Crippen LogP contribution in [0.3, 0.4) is 0 Å². The van der Waals surface area contributed by atoms with Crippen LogP contribution in [0.4, 0.5) is 17.3 Å². The fraction of sp³-hybridized carbons (Fsp3) is 0.312. The lowest BCUT2D eigenvalue weighted by molar-refractivity contribution is -0.118. The lowest BCUT2D eigenvalue weighted by Gasteiger charge is -2.08. The van der Waals surface area contributed by atoms with Crippen LogP contribution in [0.5, 0.6) is 5.75 Å². The Morgan fingerprint density at radius 1 is 1.09 bits per heavy atom. The normalized spacial score (nSPS) is 10.4. The molecule has 2 N–H and O–H groups in total. The van der Waals surface area contributed by atoms with Crippen LogP contribution >= 0.6 is 0 Å². The third-order valence-electron chi connectivity index (χ3n) is 2.88. The molecule has 2 rings (SSSR count). The molecule has 2 aromatic rings. The van der Waals surface area contributed by atoms with Crippen LogP contribution in [-0.4, -0.2) is 22.7 Å². The van der Waals surface area contributed by atoms with Crippen LogP contribution in [0.25, 0.3) is 0 Å². The van der Waals surface area contributed by atoms with E-state index in [1.807, 2.05) is 45.0 Å². The van der Waals surface area contributed by atoms with Gasteiger partial charge in [-0.3, -0.25) is 4.79 Å². The molecule has 1 heterocycles. The van der Waals surface area contributed by atoms with Gasteiger partial charge in [-0.05, 0) is 43.3 Å². The predicted octanol–water partition coefficient (Wildman–Crippen LogP) is 3.21. The van der Waals surface area contributed by atoms with E-state index in [2.05, 4.69) is 20.8 Å². The number of hydrogen-bond acceptors (Lipinski definition) is 5. The molecule has 6 heteroatoms. The zero-order valence-corrected chi connectivity index (χ0v) is 13.0. The highest BCUT2D eigenvalue weighted by atomic mass is 16.5. The molecule has 0 bridgehead atoms. The summed E-state index contributed by atoms with van der Waals surface area (Å²) in [5.41, 5.74) is 0.886. The second-order valence-corrected chi connectivity index (χ2v) is 5.03. The molecule has 1 amide bonds. The standard InChI is InChI=1S/C16H20N4O2/c1-4-22-13-7-5-12(6-8-13)17-14-9-10-15(20-19-14)18-16(21)11(2)3/h5-11H,4H2,1-3H3,(H,17,19)(H,18,20,21). The molecule has 0 fully saturated rings. The minimum absolute atomic E-state index is 0.0819. The molecule has 0 aliphatic rings. The Balaban J connectivity index is 1.97. The van der Waals surface area contributed by atoms with Crippen molar-refractivity contribution in [2.45, 2.75) is 20.8 Å². The van der Waals surface area contributed by atoms with Gasteiger partial charge < -0.3 is 15.4 Å². The largest absolute Gasteiger partial charge is 0.494 e. The van der Waals surface area contributed by atoms with E-state index in [0.717, 1.165) is 11.4 Å². The summed E-state index contributed by atoms with van der Waals surface area (Å²) >= 11 is 0. The van der Waals surface area contributed by atoms with Gasteiger partial charge in [0.15, 0.2) is 11.6 Å². The Kier molecular flexibility index (Phi) is 5.30. The van der Waals surface area contributed by atoms with Crippen molar-refractivity contribution in [1.29, 1.82) is 0 Å². The van der Waals surface area contributed by atoms with Gasteiger partial charge >= 0.3 is 0 Å². The number of hydrogen-bond donors (Lipinski definition) is 2. The Labute approximate surface area is 129 Å². The fourth-order valence-electron chi connectivity index (χ4n) is 1.69. The zero-order valence-electron chi connectivity index (χ0n) is 13.0. The second-order valence-electron chi connectivity index (χ2n) is 5.03. The molecule has 116 valence electrons. The number of nitrogens with one attached hydrogen (secondary N) is 2. The van der Waals surface area contributed by atoms with E-state index < -0.39 is 0 Å². The number of ether oxygens (including phenoxy) is 1. The number of rotatable bonds is 6. The second kappa shape index (κ2) is 7.40. The third-order valence-corrected chi connectivity index (χ3v) is 2.88. The molecule has 0 saturated carbocycles. The van der Waals surface area contributed by atoms with Gasteiger partial charge in [-0.15, -0.1) is 10.2 Å². The first-order chi connectivity index (χ1) is 10.6. The molecule has 0 spiro atoms. The summed E-state index contributed by atoms with van der Waals surface area (Å²) in [6.45, 7) is 6.23. The van der Waals surface area contributed by atoms with E-state index in [9.17, 15) is 4.79 Å². The van der Waals surface area contributed by atoms with Crippen molar-refractivity contribution >= 4 is 23.2 Å². The highest BCUT2D eigenvalue weighted by Crippen LogP contribution is 2.19. The molecular formula is C16H20N4O2. The lowest BCUT2D eigenvalue weighted by atomic mass is 10.2. The average Bonchev–Trinajstić information content (AvgIpc) is 2.51. The number of anilines is 3. The molecule has 1 aromatic carbocycles. The van der Waals surface area contributed by atoms with Gasteiger partial charge in [0.25, 0.3) is 0 Å². The maximum atomic E-state index is 11.6. The smallest absolute Gasteiger partial charge is 0.228 e. The minimum atomic E-state index is -0.0940. The molecule has 6 nitrogen and oxygen atoms in total. The van der Waals surface area contributed by atoms with Crippen LogP contribution in [-0.2, 0) is 4.79 Å². The number of nitrogens with zero attached hydrogens (tertiary/aromatic N) is 2. The summed E-state index contributed by atoms with van der Waals surface area (Å²) in [4.78, 5) is 11.6. The minimum Gasteiger partial charge on any atom is -0.494 e. The predicted molar refractivity (Wildman–Crippen MR) is 86.4 cm³/mol. The van der Waals surface area contributed by atoms with E-state index in [4.69, 9.17) is 4.74 Å². The number of amides is 1. The van der Waals surface area contributed by atoms with Crippen LogP contribution in [0.2, 0.25) is 0 Å². The van der Waals surface area contributed by atoms with Crippen molar-refractivity contribution in [2.24, 2.45) is 5.92 Å². The number of carbonyl (C=O) groups is 1. The molecule has 0 aliphatic heterocycles. The molecule has 0 atom stereocenters. The van der Waals surface area contributed by atoms with Crippen LogP contribution in [0, 0.1) is 5.92 Å². The van der Waals surface area contributed by atoms with Gasteiger partial charge in [-0.1, -0.05) is 13.8 Å². The number of carbonyl (C=O) groups excluding carboxylic acids is 1. The maximum Gasteiger partial charge on any atom is 0.228 e. The monoisotopic (exact) mass is 300 g/mol. The highest BCUT2D eigenvalue weighted by Gasteiger charge is 2.08. The molecule has 1 aromatic heterocycles. The van der Waals surface area contributed by atoms with Crippen molar-refractivity contribution in [3.8, 4) is 5.75 Å². The van der Waals surface area contributed by atoms with Gasteiger partial charge in [0.2, 0.25) is 5.91 Å². The molecule has 22 heavy (non-hydrogen) atoms. The first-order valence-electron chi connectivity index (χ1n) is 7.23. The van der Waals surface area contributed by atoms with Crippen LogP contribution < -0.4 is 15.4 Å². The SMILES string of the molecule is CCOc1ccc(Nc2ccc(NC(=O)C(C)C)nn2)cc1. The fourth-order valence-corrected chi connectivity index (χ4v) is 1.69. The van der Waals surface area contributed by atoms with Gasteiger partial charge in [0.1, 0.15) is 5.75 Å². The molecule has 0 unspecified atom stereocenters. The summed E-state index contributed by atoms with van der Waals surface area (Å²) < 4.78 is 5.39. The molecule has 0 saturated heterocycles. The van der Waals surface area contributed by atoms with Gasteiger partial charge in [0, 0.05) is 11.6 Å². The summed E-state index contributed by atoms with van der Waals surface area (Å²) in [6, 6.07) is 11.1. The Morgan fingerprint density at radius 3 is 2.27 bits per heavy atom. The van der Waals surface area contributed by atoms with Gasteiger partial charge in [-0.25, -0.2) is 0 Å². The summed E-state index contributed by atoms with van der Waals surface area (Å²) in [6.07, 6.45) is 0. The van der Waals surface area contributed by atoms with E-state index in [1.54, 1.807) is 12.1 Å². The summed E-state index contributed by atoms with van der Waals surface area (Å²) in [5, 5.41) is 13.8. The summed E-state index contributed by atoms with van der Waals surface area (Å²) in [5.74, 6) is 1.69. The van der Waals surface area contributed by atoms with Crippen molar-refractivity contribution in [2.75, 3.05) is 17.2 Å². The van der Waals surface area contributed by atoms with Crippen LogP contribution in [0.15, 0.2) is 36.4 Å². The van der Waals surface area contributed by atoms with E-state index >= 15 is 0 Å². The number of aromatic nitrogens is 2. The molecule has 0 aliphatic carbocycles. The van der Waals surface area contributed by atoms with E-state index in [-0.39, 0.29) is 11.8 Å². The lowest BCUT2D eigenvalue weighted by Crippen LogP contribution is -2.18. The first-order valence-corrected chi connectivity index (χ1v) is 7.23. The first kappa shape index (κ1) is 15.8. The van der Waals surface area contributed by atoms with E-state index in [0.29, 0.717) is 18.2 Å². The van der Waals surface area contributed by atoms with E-state index in [1.165, 1.54) is 0 Å². The Hall–Kier alpha value is -2.63. The zero-order chi connectivity index (χ0) is 15.9. The highest BCUT2D eigenvalue weighted by molar-refractivity contribution is 5.91. The van der Waals surface area contributed by atoms with Crippen LogP contribution in [0.1, 0.15) is 20.8 Å². The topological polar surface area (TPSA) is 76.1 Å². The molecular weight excluding hydrogens is 280 g/mol. The van der Waals surface area contributed by atoms with Gasteiger partial charge in [0.05, 0.1) is 6.61 Å². The van der Waals surface area contributed by atoms with Gasteiger partial charge in [-0.2, -0.15) is 0 Å². The average molecular weight is 300 g/mol. The quantitative estimate of drug-likeness (QED) is 0.856. The Bertz CT molecular complexity index is 609. The maximum absolute atomic E-state index is 11.6. The Morgan fingerprint density at radius 2 is 1.73 bits per heavy atom. The molecule has 0 radical (unpaired) electrons.